The lowest BCUT2D eigenvalue weighted by Gasteiger charge is -2.20. The molecule has 0 bridgehead atoms. The van der Waals surface area contributed by atoms with Crippen molar-refractivity contribution in [3.05, 3.63) is 30.1 Å². The third-order valence-electron chi connectivity index (χ3n) is 4.33. The molecule has 0 aliphatic heterocycles. The summed E-state index contributed by atoms with van der Waals surface area (Å²) < 4.78 is 12.7. The highest BCUT2D eigenvalue weighted by atomic mass is 32.2. The van der Waals surface area contributed by atoms with E-state index in [-0.39, 0.29) is 5.82 Å². The average molecular weight is 350 g/mol. The molecule has 4 nitrogen and oxygen atoms in total. The van der Waals surface area contributed by atoms with Crippen molar-refractivity contribution in [1.82, 2.24) is 5.32 Å². The van der Waals surface area contributed by atoms with Crippen molar-refractivity contribution in [2.24, 2.45) is 5.92 Å². The third kappa shape index (κ3) is 6.40. The van der Waals surface area contributed by atoms with Crippen LogP contribution in [0, 0.1) is 23.1 Å². The van der Waals surface area contributed by atoms with Crippen molar-refractivity contribution in [3.8, 4) is 6.07 Å². The van der Waals surface area contributed by atoms with E-state index in [9.17, 15) is 9.18 Å². The van der Waals surface area contributed by atoms with Gasteiger partial charge in [-0.15, -0.1) is 11.8 Å². The smallest absolute Gasteiger partial charge is 0.405 e. The maximum Gasteiger partial charge on any atom is 0.405 e. The Hall–Kier alpha value is -1.74. The van der Waals surface area contributed by atoms with E-state index in [1.165, 1.54) is 42.8 Å². The lowest BCUT2D eigenvalue weighted by Crippen LogP contribution is -2.33. The van der Waals surface area contributed by atoms with Crippen LogP contribution < -0.4 is 5.32 Å². The number of nitrogens with zero attached hydrogens (tertiary/aromatic N) is 1. The van der Waals surface area contributed by atoms with Crippen molar-refractivity contribution in [3.63, 3.8) is 0 Å². The molecule has 3 rings (SSSR count). The van der Waals surface area contributed by atoms with Crippen LogP contribution in [0.2, 0.25) is 0 Å². The number of nitrogens with one attached hydrogen (secondary N) is 1. The number of hydrogen-bond acceptors (Lipinski definition) is 3. The van der Waals surface area contributed by atoms with Gasteiger partial charge in [-0.05, 0) is 55.9 Å². The molecule has 2 N–H and O–H groups in total. The van der Waals surface area contributed by atoms with E-state index in [4.69, 9.17) is 10.4 Å². The molecule has 24 heavy (non-hydrogen) atoms. The molecule has 6 heteroatoms. The topological polar surface area (TPSA) is 73.1 Å². The highest BCUT2D eigenvalue weighted by Crippen LogP contribution is 2.34. The molecule has 1 aromatic rings. The van der Waals surface area contributed by atoms with Crippen LogP contribution in [-0.4, -0.2) is 22.5 Å². The fraction of sp³-hybridized carbons (Fsp3) is 0.556. The molecule has 2 aliphatic rings. The van der Waals surface area contributed by atoms with Crippen LogP contribution in [0.25, 0.3) is 0 Å². The molecular weight excluding hydrogens is 327 g/mol. The van der Waals surface area contributed by atoms with Crippen LogP contribution in [0.4, 0.5) is 9.18 Å². The molecule has 2 aliphatic carbocycles. The van der Waals surface area contributed by atoms with Crippen LogP contribution in [0.1, 0.15) is 44.9 Å². The van der Waals surface area contributed by atoms with Gasteiger partial charge in [0.05, 0.1) is 6.07 Å². The van der Waals surface area contributed by atoms with Gasteiger partial charge in [0.25, 0.3) is 0 Å². The average Bonchev–Trinajstić information content (AvgIpc) is 3.35. The molecule has 0 heterocycles. The first-order chi connectivity index (χ1) is 11.5. The second kappa shape index (κ2) is 8.93. The first kappa shape index (κ1) is 18.6. The van der Waals surface area contributed by atoms with Crippen LogP contribution >= 0.6 is 11.8 Å². The second-order valence-corrected chi connectivity index (χ2v) is 7.49. The Kier molecular flexibility index (Phi) is 6.92. The van der Waals surface area contributed by atoms with Gasteiger partial charge >= 0.3 is 6.09 Å². The highest BCUT2D eigenvalue weighted by Gasteiger charge is 2.44. The zero-order valence-corrected chi connectivity index (χ0v) is 14.4. The Morgan fingerprint density at radius 2 is 1.92 bits per heavy atom. The molecule has 0 radical (unpaired) electrons. The van der Waals surface area contributed by atoms with Gasteiger partial charge < -0.3 is 10.4 Å². The van der Waals surface area contributed by atoms with Crippen LogP contribution in [-0.2, 0) is 0 Å². The minimum atomic E-state index is -1.12. The van der Waals surface area contributed by atoms with Gasteiger partial charge in [-0.1, -0.05) is 19.3 Å². The Bertz CT molecular complexity index is 576. The summed E-state index contributed by atoms with van der Waals surface area (Å²) in [6.45, 7) is 0. The Labute approximate surface area is 146 Å². The van der Waals surface area contributed by atoms with Crippen LogP contribution in [0.5, 0.6) is 0 Å². The number of rotatable bonds is 4. The molecule has 2 fully saturated rings. The van der Waals surface area contributed by atoms with Gasteiger partial charge in [0.1, 0.15) is 11.4 Å². The first-order valence-corrected chi connectivity index (χ1v) is 9.32. The lowest BCUT2D eigenvalue weighted by molar-refractivity contribution is 0.191. The van der Waals surface area contributed by atoms with Crippen molar-refractivity contribution in [2.75, 3.05) is 5.75 Å². The third-order valence-corrected chi connectivity index (χ3v) is 5.58. The number of hydrogen-bond donors (Lipinski definition) is 2. The minimum Gasteiger partial charge on any atom is -0.465 e. The maximum absolute atomic E-state index is 12.7. The normalized spacial score (nSPS) is 18.7. The molecule has 0 spiro atoms. The van der Waals surface area contributed by atoms with Crippen molar-refractivity contribution in [2.45, 2.75) is 55.4 Å². The van der Waals surface area contributed by atoms with E-state index >= 15 is 0 Å². The molecule has 130 valence electrons. The van der Waals surface area contributed by atoms with Gasteiger partial charge in [0, 0.05) is 10.6 Å². The summed E-state index contributed by atoms with van der Waals surface area (Å²) in [5, 5.41) is 18.6. The molecule has 0 saturated heterocycles. The van der Waals surface area contributed by atoms with E-state index in [1.807, 2.05) is 30.0 Å². The molecule has 1 aromatic carbocycles. The summed E-state index contributed by atoms with van der Waals surface area (Å²) in [7, 11) is 0. The SMILES string of the molecule is Fc1ccc(SCC2CCCCC2)cc1.N#CC1(NC(=O)O)CC1. The number of carboxylic acid groups (broad SMARTS) is 1. The largest absolute Gasteiger partial charge is 0.465 e. The predicted octanol–water partition coefficient (Wildman–Crippen LogP) is 4.81. The number of carbonyl (C=O) groups is 1. The van der Waals surface area contributed by atoms with E-state index in [0.717, 1.165) is 5.92 Å². The Balaban J connectivity index is 0.000000198. The van der Waals surface area contributed by atoms with E-state index in [0.29, 0.717) is 12.8 Å². The molecular formula is C18H23FN2O2S. The Morgan fingerprint density at radius 3 is 2.38 bits per heavy atom. The van der Waals surface area contributed by atoms with E-state index in [2.05, 4.69) is 5.32 Å². The maximum atomic E-state index is 12.7. The monoisotopic (exact) mass is 350 g/mol. The molecule has 0 aromatic heterocycles. The van der Waals surface area contributed by atoms with Gasteiger partial charge in [-0.3, -0.25) is 0 Å². The van der Waals surface area contributed by atoms with Gasteiger partial charge in [-0.25, -0.2) is 9.18 Å². The zero-order valence-electron chi connectivity index (χ0n) is 13.6. The summed E-state index contributed by atoms with van der Waals surface area (Å²) in [6.07, 6.45) is 7.16. The number of amides is 1. The predicted molar refractivity (Wildman–Crippen MR) is 92.4 cm³/mol. The van der Waals surface area contributed by atoms with Crippen molar-refractivity contribution in [1.29, 1.82) is 5.26 Å². The minimum absolute atomic E-state index is 0.142. The first-order valence-electron chi connectivity index (χ1n) is 8.34. The molecule has 1 amide bonds. The molecule has 0 atom stereocenters. The fourth-order valence-corrected chi connectivity index (χ4v) is 3.78. The standard InChI is InChI=1S/C13H17FS.C5H6N2O2/c14-12-6-8-13(9-7-12)15-10-11-4-2-1-3-5-11;6-3-5(1-2-5)7-4(8)9/h6-9,11H,1-5,10H2;7H,1-2H2,(H,8,9). The van der Waals surface area contributed by atoms with E-state index < -0.39 is 11.6 Å². The number of benzene rings is 1. The lowest BCUT2D eigenvalue weighted by atomic mass is 9.91. The highest BCUT2D eigenvalue weighted by molar-refractivity contribution is 7.99. The van der Waals surface area contributed by atoms with E-state index in [1.54, 1.807) is 12.1 Å². The zero-order chi connectivity index (χ0) is 17.4. The summed E-state index contributed by atoms with van der Waals surface area (Å²) in [5.41, 5.74) is -0.730. The summed E-state index contributed by atoms with van der Waals surface area (Å²) >= 11 is 1.87. The number of halogens is 1. The van der Waals surface area contributed by atoms with Crippen molar-refractivity contribution >= 4 is 17.9 Å². The second-order valence-electron chi connectivity index (χ2n) is 6.39. The quantitative estimate of drug-likeness (QED) is 0.764. The number of thioether (sulfide) groups is 1. The summed E-state index contributed by atoms with van der Waals surface area (Å²) in [4.78, 5) is 11.1. The Morgan fingerprint density at radius 1 is 1.29 bits per heavy atom. The van der Waals surface area contributed by atoms with Crippen molar-refractivity contribution < 1.29 is 14.3 Å². The van der Waals surface area contributed by atoms with Gasteiger partial charge in [0.15, 0.2) is 0 Å². The van der Waals surface area contributed by atoms with Gasteiger partial charge in [0.2, 0.25) is 0 Å². The molecule has 0 unspecified atom stereocenters. The van der Waals surface area contributed by atoms with Crippen LogP contribution in [0.15, 0.2) is 29.2 Å². The van der Waals surface area contributed by atoms with Crippen LogP contribution in [0.3, 0.4) is 0 Å². The molecule has 2 saturated carbocycles. The fourth-order valence-electron chi connectivity index (χ4n) is 2.69. The summed E-state index contributed by atoms with van der Waals surface area (Å²) in [6, 6.07) is 8.74. The summed E-state index contributed by atoms with van der Waals surface area (Å²) in [5.74, 6) is 1.94. The van der Waals surface area contributed by atoms with Gasteiger partial charge in [-0.2, -0.15) is 5.26 Å². The number of nitriles is 1.